The van der Waals surface area contributed by atoms with Gasteiger partial charge in [-0.2, -0.15) is 0 Å². The lowest BCUT2D eigenvalue weighted by molar-refractivity contribution is 0.670. The van der Waals surface area contributed by atoms with Crippen LogP contribution in [0.4, 0.5) is 0 Å². The van der Waals surface area contributed by atoms with Gasteiger partial charge < -0.3 is 4.42 Å². The van der Waals surface area contributed by atoms with E-state index in [1.54, 1.807) is 0 Å². The first-order chi connectivity index (χ1) is 23.3. The van der Waals surface area contributed by atoms with E-state index in [1.807, 2.05) is 30.3 Å². The summed E-state index contributed by atoms with van der Waals surface area (Å²) in [5.41, 5.74) is 8.82. The minimum atomic E-state index is 0.599. The quantitative estimate of drug-likeness (QED) is 0.197. The van der Waals surface area contributed by atoms with E-state index >= 15 is 0 Å². The predicted molar refractivity (Wildman–Crippen MR) is 192 cm³/mol. The van der Waals surface area contributed by atoms with Gasteiger partial charge in [-0.1, -0.05) is 140 Å². The first kappa shape index (κ1) is 27.0. The van der Waals surface area contributed by atoms with Crippen molar-refractivity contribution >= 4 is 32.7 Å². The fraction of sp³-hybridized carbons (Fsp3) is 0. The number of fused-ring (bicyclic) bond motifs is 4. The molecule has 7 aromatic carbocycles. The minimum absolute atomic E-state index is 0.599. The molecule has 0 amide bonds. The fourth-order valence-electron chi connectivity index (χ4n) is 6.38. The molecule has 0 unspecified atom stereocenters. The van der Waals surface area contributed by atoms with Crippen molar-refractivity contribution in [3.63, 3.8) is 0 Å². The topological polar surface area (TPSA) is 51.8 Å². The lowest BCUT2D eigenvalue weighted by atomic mass is 9.98. The van der Waals surface area contributed by atoms with E-state index < -0.39 is 0 Å². The number of aromatic nitrogens is 3. The summed E-state index contributed by atoms with van der Waals surface area (Å²) in [6.07, 6.45) is 0. The van der Waals surface area contributed by atoms with Crippen LogP contribution in [-0.4, -0.2) is 15.0 Å². The summed E-state index contributed by atoms with van der Waals surface area (Å²) in [7, 11) is 0. The van der Waals surface area contributed by atoms with E-state index in [2.05, 4.69) is 133 Å². The highest BCUT2D eigenvalue weighted by Gasteiger charge is 2.20. The Balaban J connectivity index is 1.28. The third kappa shape index (κ3) is 4.84. The van der Waals surface area contributed by atoms with E-state index in [1.165, 1.54) is 10.9 Å². The molecule has 2 aromatic heterocycles. The van der Waals surface area contributed by atoms with Gasteiger partial charge in [0.25, 0.3) is 0 Å². The smallest absolute Gasteiger partial charge is 0.164 e. The number of hydrogen-bond acceptors (Lipinski definition) is 4. The number of nitrogens with zero attached hydrogens (tertiary/aromatic N) is 3. The second kappa shape index (κ2) is 11.2. The van der Waals surface area contributed by atoms with Crippen molar-refractivity contribution in [1.82, 2.24) is 15.0 Å². The molecule has 0 N–H and O–H groups in total. The van der Waals surface area contributed by atoms with Gasteiger partial charge in [0, 0.05) is 33.0 Å². The zero-order chi connectivity index (χ0) is 31.2. The van der Waals surface area contributed by atoms with E-state index in [4.69, 9.17) is 19.4 Å². The van der Waals surface area contributed by atoms with Gasteiger partial charge in [0.15, 0.2) is 17.5 Å². The highest BCUT2D eigenvalue weighted by atomic mass is 16.3. The van der Waals surface area contributed by atoms with Crippen LogP contribution in [0.25, 0.3) is 89.1 Å². The normalized spacial score (nSPS) is 11.4. The summed E-state index contributed by atoms with van der Waals surface area (Å²) in [5, 5.41) is 4.32. The SMILES string of the molecule is c1ccc(-c2ccc(-c3nc(-c4ccc5ccccc5c4)nc(-c4ccc(-c5ccccc5)c5oc6ccccc6c45)n3)cc2)cc1. The maximum Gasteiger partial charge on any atom is 0.164 e. The van der Waals surface area contributed by atoms with Crippen molar-refractivity contribution < 1.29 is 4.42 Å². The van der Waals surface area contributed by atoms with Gasteiger partial charge in [0.05, 0.1) is 0 Å². The Hall–Kier alpha value is -6.39. The molecule has 220 valence electrons. The van der Waals surface area contributed by atoms with Crippen molar-refractivity contribution in [2.24, 2.45) is 0 Å². The molecule has 0 saturated carbocycles. The molecule has 0 aliphatic heterocycles. The zero-order valence-corrected chi connectivity index (χ0v) is 25.3. The van der Waals surface area contributed by atoms with Crippen molar-refractivity contribution in [1.29, 1.82) is 0 Å². The molecule has 0 atom stereocenters. The van der Waals surface area contributed by atoms with Gasteiger partial charge in [0.2, 0.25) is 0 Å². The highest BCUT2D eigenvalue weighted by molar-refractivity contribution is 6.15. The lowest BCUT2D eigenvalue weighted by Crippen LogP contribution is -2.00. The van der Waals surface area contributed by atoms with Crippen LogP contribution in [0.3, 0.4) is 0 Å². The van der Waals surface area contributed by atoms with Crippen LogP contribution in [0.2, 0.25) is 0 Å². The first-order valence-corrected chi connectivity index (χ1v) is 15.7. The monoisotopic (exact) mass is 601 g/mol. The van der Waals surface area contributed by atoms with Crippen molar-refractivity contribution in [3.05, 3.63) is 164 Å². The van der Waals surface area contributed by atoms with Crippen LogP contribution in [0.15, 0.2) is 168 Å². The second-order valence-corrected chi connectivity index (χ2v) is 11.6. The molecule has 9 aromatic rings. The molecule has 4 heteroatoms. The van der Waals surface area contributed by atoms with E-state index in [0.29, 0.717) is 17.5 Å². The molecule has 0 aliphatic rings. The molecule has 0 fully saturated rings. The predicted octanol–water partition coefficient (Wildman–Crippen LogP) is 11.3. The maximum atomic E-state index is 6.56. The molecule has 0 aliphatic carbocycles. The summed E-state index contributed by atoms with van der Waals surface area (Å²) < 4.78 is 6.56. The second-order valence-electron chi connectivity index (χ2n) is 11.6. The average Bonchev–Trinajstić information content (AvgIpc) is 3.55. The van der Waals surface area contributed by atoms with Crippen molar-refractivity contribution in [3.8, 4) is 56.4 Å². The molecule has 0 spiro atoms. The Morgan fingerprint density at radius 3 is 1.70 bits per heavy atom. The number of furan rings is 1. The Labute approximate surface area is 271 Å². The minimum Gasteiger partial charge on any atom is -0.455 e. The van der Waals surface area contributed by atoms with E-state index in [0.717, 1.165) is 60.7 Å². The molecule has 4 nitrogen and oxygen atoms in total. The Kier molecular flexibility index (Phi) is 6.43. The molecular weight excluding hydrogens is 574 g/mol. The third-order valence-corrected chi connectivity index (χ3v) is 8.75. The average molecular weight is 602 g/mol. The highest BCUT2D eigenvalue weighted by Crippen LogP contribution is 2.41. The number of para-hydroxylation sites is 1. The summed E-state index contributed by atoms with van der Waals surface area (Å²) in [4.78, 5) is 15.3. The zero-order valence-electron chi connectivity index (χ0n) is 25.3. The summed E-state index contributed by atoms with van der Waals surface area (Å²) in [6, 6.07) is 56.3. The van der Waals surface area contributed by atoms with Crippen LogP contribution in [-0.2, 0) is 0 Å². The Bertz CT molecular complexity index is 2550. The van der Waals surface area contributed by atoms with Gasteiger partial charge in [-0.25, -0.2) is 15.0 Å². The van der Waals surface area contributed by atoms with Crippen molar-refractivity contribution in [2.75, 3.05) is 0 Å². The van der Waals surface area contributed by atoms with Gasteiger partial charge in [-0.15, -0.1) is 0 Å². The first-order valence-electron chi connectivity index (χ1n) is 15.7. The molecular formula is C43H27N3O. The van der Waals surface area contributed by atoms with Crippen LogP contribution in [0.5, 0.6) is 0 Å². The summed E-state index contributed by atoms with van der Waals surface area (Å²) in [5.74, 6) is 1.84. The molecule has 47 heavy (non-hydrogen) atoms. The Morgan fingerprint density at radius 2 is 0.915 bits per heavy atom. The molecule has 0 saturated heterocycles. The van der Waals surface area contributed by atoms with Crippen LogP contribution in [0.1, 0.15) is 0 Å². The Morgan fingerprint density at radius 1 is 0.362 bits per heavy atom. The number of rotatable bonds is 5. The fourth-order valence-corrected chi connectivity index (χ4v) is 6.38. The summed E-state index contributed by atoms with van der Waals surface area (Å²) >= 11 is 0. The van der Waals surface area contributed by atoms with Crippen molar-refractivity contribution in [2.45, 2.75) is 0 Å². The molecule has 9 rings (SSSR count). The number of benzene rings is 7. The maximum absolute atomic E-state index is 6.56. The largest absolute Gasteiger partial charge is 0.455 e. The van der Waals surface area contributed by atoms with E-state index in [9.17, 15) is 0 Å². The molecule has 0 radical (unpaired) electrons. The van der Waals surface area contributed by atoms with Gasteiger partial charge in [0.1, 0.15) is 11.2 Å². The standard InChI is InChI=1S/C43H27N3O/c1-3-11-28(12-4-1)30-19-22-32(23-20-30)41-44-42(34-24-21-29-13-7-8-16-33(29)27-34)46-43(45-41)37-26-25-35(31-14-5-2-6-15-31)40-39(37)36-17-9-10-18-38(36)47-40/h1-27H. The van der Waals surface area contributed by atoms with Crippen LogP contribution in [0, 0.1) is 0 Å². The van der Waals surface area contributed by atoms with E-state index in [-0.39, 0.29) is 0 Å². The molecule has 0 bridgehead atoms. The third-order valence-electron chi connectivity index (χ3n) is 8.75. The van der Waals surface area contributed by atoms with Crippen LogP contribution < -0.4 is 0 Å². The van der Waals surface area contributed by atoms with Crippen LogP contribution >= 0.6 is 0 Å². The number of hydrogen-bond donors (Lipinski definition) is 0. The van der Waals surface area contributed by atoms with Gasteiger partial charge in [-0.3, -0.25) is 0 Å². The summed E-state index contributed by atoms with van der Waals surface area (Å²) in [6.45, 7) is 0. The van der Waals surface area contributed by atoms with Gasteiger partial charge in [-0.05, 0) is 51.7 Å². The lowest BCUT2D eigenvalue weighted by Gasteiger charge is -2.11. The van der Waals surface area contributed by atoms with Gasteiger partial charge >= 0.3 is 0 Å². The molecule has 2 heterocycles.